The van der Waals surface area contributed by atoms with Crippen LogP contribution in [0.5, 0.6) is 11.5 Å². The molecule has 2 fully saturated rings. The Balaban J connectivity index is 0.000000212. The smallest absolute Gasteiger partial charge is 0.339 e. The summed E-state index contributed by atoms with van der Waals surface area (Å²) in [6, 6.07) is 8.28. The van der Waals surface area contributed by atoms with Crippen LogP contribution in [0.1, 0.15) is 46.4 Å². The van der Waals surface area contributed by atoms with Gasteiger partial charge in [0.05, 0.1) is 35.4 Å². The minimum atomic E-state index is -1.40. The van der Waals surface area contributed by atoms with Gasteiger partial charge in [-0.3, -0.25) is 14.9 Å². The Hall–Kier alpha value is -3.94. The number of aromatic hydroxyl groups is 2. The highest BCUT2D eigenvalue weighted by Gasteiger charge is 2.30. The average molecular weight is 521 g/mol. The van der Waals surface area contributed by atoms with Crippen LogP contribution in [0, 0.1) is 10.1 Å². The summed E-state index contributed by atoms with van der Waals surface area (Å²) in [4.78, 5) is 33.6. The number of nitrogens with one attached hydrogen (secondary N) is 1. The minimum Gasteiger partial charge on any atom is -0.505 e. The quantitative estimate of drug-likeness (QED) is 0.129. The molecule has 0 aromatic heterocycles. The minimum absolute atomic E-state index is 0.0468. The van der Waals surface area contributed by atoms with E-state index >= 15 is 0 Å². The third-order valence-corrected chi connectivity index (χ3v) is 5.97. The lowest BCUT2D eigenvalue weighted by Gasteiger charge is -2.23. The fraction of sp³-hybridized carbons (Fsp3) is 0.417. The van der Waals surface area contributed by atoms with Gasteiger partial charge in [0.25, 0.3) is 5.91 Å². The van der Waals surface area contributed by atoms with Crippen LogP contribution >= 0.6 is 0 Å². The van der Waals surface area contributed by atoms with Gasteiger partial charge in [-0.05, 0) is 50.4 Å². The van der Waals surface area contributed by atoms with Crippen LogP contribution in [0.4, 0.5) is 11.4 Å². The highest BCUT2D eigenvalue weighted by Crippen LogP contribution is 2.29. The zero-order chi connectivity index (χ0) is 27.5. The Morgan fingerprint density at radius 2 is 1.70 bits per heavy atom. The normalized spacial score (nSPS) is 18.3. The van der Waals surface area contributed by atoms with Crippen LogP contribution in [0.2, 0.25) is 0 Å². The van der Waals surface area contributed by atoms with Crippen molar-refractivity contribution >= 4 is 23.3 Å². The predicted octanol–water partition coefficient (Wildman–Crippen LogP) is 1.30. The molecule has 2 saturated heterocycles. The van der Waals surface area contributed by atoms with Crippen LogP contribution in [-0.4, -0.2) is 85.6 Å². The van der Waals surface area contributed by atoms with Crippen LogP contribution in [0.15, 0.2) is 36.4 Å². The molecule has 37 heavy (non-hydrogen) atoms. The van der Waals surface area contributed by atoms with E-state index in [4.69, 9.17) is 21.1 Å². The molecule has 2 aromatic rings. The molecule has 0 spiro atoms. The summed E-state index contributed by atoms with van der Waals surface area (Å²) in [5, 5.41) is 58.4. The van der Waals surface area contributed by atoms with Gasteiger partial charge in [0.2, 0.25) is 5.75 Å². The number of hydrogen-bond donors (Lipinski definition) is 7. The highest BCUT2D eigenvalue weighted by molar-refractivity contribution is 5.98. The molecule has 2 atom stereocenters. The topological polar surface area (TPSA) is 220 Å². The maximum atomic E-state index is 12.2. The second-order valence-electron chi connectivity index (χ2n) is 8.43. The summed E-state index contributed by atoms with van der Waals surface area (Å²) in [5.74, 6) is -2.67. The van der Waals surface area contributed by atoms with E-state index in [-0.39, 0.29) is 35.6 Å². The first kappa shape index (κ1) is 29.3. The summed E-state index contributed by atoms with van der Waals surface area (Å²) in [6.45, 7) is 1.96. The van der Waals surface area contributed by atoms with E-state index < -0.39 is 27.9 Å². The summed E-state index contributed by atoms with van der Waals surface area (Å²) in [7, 11) is 0. The predicted molar refractivity (Wildman–Crippen MR) is 133 cm³/mol. The van der Waals surface area contributed by atoms with Gasteiger partial charge in [-0.2, -0.15) is 0 Å². The van der Waals surface area contributed by atoms with Crippen LogP contribution < -0.4 is 11.1 Å². The van der Waals surface area contributed by atoms with Crippen molar-refractivity contribution in [1.29, 1.82) is 0 Å². The van der Waals surface area contributed by atoms with Crippen molar-refractivity contribution < 1.29 is 40.0 Å². The van der Waals surface area contributed by atoms with E-state index in [1.807, 2.05) is 0 Å². The molecular weight excluding hydrogens is 488 g/mol. The third-order valence-electron chi connectivity index (χ3n) is 5.97. The number of hydrogen-bond acceptors (Lipinski definition) is 10. The number of aliphatic hydroxyl groups excluding tert-OH is 2. The Morgan fingerprint density at radius 3 is 2.24 bits per heavy atom. The number of nitro benzene ring substituents is 1. The first-order valence-electron chi connectivity index (χ1n) is 11.7. The van der Waals surface area contributed by atoms with Gasteiger partial charge in [0, 0.05) is 18.7 Å². The number of benzene rings is 2. The molecule has 8 N–H and O–H groups in total. The maximum Gasteiger partial charge on any atom is 0.339 e. The Labute approximate surface area is 212 Å². The number of phenols is 2. The van der Waals surface area contributed by atoms with Crippen molar-refractivity contribution in [2.24, 2.45) is 0 Å². The van der Waals surface area contributed by atoms with Crippen molar-refractivity contribution in [2.45, 2.75) is 37.8 Å². The van der Waals surface area contributed by atoms with Crippen molar-refractivity contribution in [3.8, 4) is 11.5 Å². The molecular formula is C24H32N4O9. The summed E-state index contributed by atoms with van der Waals surface area (Å²) >= 11 is 0. The lowest BCUT2D eigenvalue weighted by molar-refractivity contribution is -0.385. The molecule has 1 amide bonds. The molecule has 13 nitrogen and oxygen atoms in total. The number of phenolic OH excluding ortho intramolecular Hbond substituents is 1. The number of nitrogen functional groups attached to an aromatic ring is 1. The molecule has 4 rings (SSSR count). The van der Waals surface area contributed by atoms with Gasteiger partial charge in [-0.1, -0.05) is 12.1 Å². The molecule has 0 radical (unpaired) electrons. The third kappa shape index (κ3) is 7.77. The van der Waals surface area contributed by atoms with Crippen molar-refractivity contribution in [3.63, 3.8) is 0 Å². The summed E-state index contributed by atoms with van der Waals surface area (Å²) in [6.07, 6.45) is 4.05. The van der Waals surface area contributed by atoms with Crippen LogP contribution in [0.3, 0.4) is 0 Å². The second kappa shape index (κ2) is 14.0. The molecule has 0 unspecified atom stereocenters. The lowest BCUT2D eigenvalue weighted by Crippen LogP contribution is -2.37. The molecule has 13 heteroatoms. The average Bonchev–Trinajstić information content (AvgIpc) is 3.58. The van der Waals surface area contributed by atoms with Gasteiger partial charge in [0.15, 0.2) is 5.75 Å². The number of anilines is 1. The number of nitrogens with two attached hydrogens (primary N) is 1. The number of carbonyl (C=O) groups is 2. The number of nitrogens with zero attached hydrogens (tertiary/aromatic N) is 2. The van der Waals surface area contributed by atoms with Crippen LogP contribution in [-0.2, 0) is 0 Å². The molecule has 2 aliphatic rings. The SMILES string of the molecule is Nc1cccc(C(=O)N2CCC[C@@H]2CO)c1O.O=C(O)c1cccc([N+](=O)[O-])c1O.OC[C@H]1CCCN1. The zero-order valence-electron chi connectivity index (χ0n) is 20.1. The Kier molecular flexibility index (Phi) is 11.1. The molecule has 0 aliphatic carbocycles. The van der Waals surface area contributed by atoms with E-state index in [0.29, 0.717) is 19.2 Å². The van der Waals surface area contributed by atoms with Crippen LogP contribution in [0.25, 0.3) is 0 Å². The lowest BCUT2D eigenvalue weighted by atomic mass is 10.1. The van der Waals surface area contributed by atoms with E-state index in [2.05, 4.69) is 5.32 Å². The van der Waals surface area contributed by atoms with Gasteiger partial charge in [-0.25, -0.2) is 4.79 Å². The van der Waals surface area contributed by atoms with Gasteiger partial charge in [0.1, 0.15) is 5.56 Å². The van der Waals surface area contributed by atoms with E-state index in [1.54, 1.807) is 23.1 Å². The largest absolute Gasteiger partial charge is 0.505 e. The molecule has 202 valence electrons. The Bertz CT molecular complexity index is 1060. The van der Waals surface area contributed by atoms with E-state index in [9.17, 15) is 29.9 Å². The molecule has 2 aromatic carbocycles. The number of rotatable bonds is 5. The number of aliphatic hydroxyl groups is 2. The van der Waals surface area contributed by atoms with Gasteiger partial charge in [-0.15, -0.1) is 0 Å². The van der Waals surface area contributed by atoms with Gasteiger partial charge >= 0.3 is 11.7 Å². The van der Waals surface area contributed by atoms with Gasteiger partial charge < -0.3 is 41.5 Å². The molecule has 2 heterocycles. The highest BCUT2D eigenvalue weighted by atomic mass is 16.6. The van der Waals surface area contributed by atoms with E-state index in [1.165, 1.54) is 12.5 Å². The summed E-state index contributed by atoms with van der Waals surface area (Å²) in [5.41, 5.74) is 4.86. The number of para-hydroxylation sites is 2. The fourth-order valence-electron chi connectivity index (χ4n) is 3.95. The maximum absolute atomic E-state index is 12.2. The molecule has 0 bridgehead atoms. The molecule has 0 saturated carbocycles. The van der Waals surface area contributed by atoms with Crippen molar-refractivity contribution in [2.75, 3.05) is 32.0 Å². The van der Waals surface area contributed by atoms with E-state index in [0.717, 1.165) is 37.9 Å². The number of carboxylic acids is 1. The molecule has 2 aliphatic heterocycles. The number of carboxylic acid groups (broad SMARTS) is 1. The van der Waals surface area contributed by atoms with Crippen molar-refractivity contribution in [1.82, 2.24) is 10.2 Å². The zero-order valence-corrected chi connectivity index (χ0v) is 20.1. The number of amides is 1. The standard InChI is InChI=1S/C12H16N2O3.C7H5NO5.C5H11NO/c13-10-5-1-4-9(11(10)16)12(17)14-6-2-3-8(14)7-15;9-6-4(7(10)11)2-1-3-5(6)8(12)13;7-4-5-2-1-3-6-5/h1,4-5,8,15-16H,2-3,6-7,13H2;1-3,9H,(H,10,11);5-7H,1-4H2/t8-;;5-/m1.1/s1. The Morgan fingerprint density at radius 1 is 1.03 bits per heavy atom. The number of carbonyl (C=O) groups excluding carboxylic acids is 1. The monoisotopic (exact) mass is 520 g/mol. The number of likely N-dealkylation sites (tertiary alicyclic amines) is 1. The fourth-order valence-corrected chi connectivity index (χ4v) is 3.95. The first-order valence-corrected chi connectivity index (χ1v) is 11.7. The summed E-state index contributed by atoms with van der Waals surface area (Å²) < 4.78 is 0. The van der Waals surface area contributed by atoms with Crippen molar-refractivity contribution in [3.05, 3.63) is 57.6 Å². The number of aromatic carboxylic acids is 1. The first-order chi connectivity index (χ1) is 17.6. The number of nitro groups is 1. The second-order valence-corrected chi connectivity index (χ2v) is 8.43.